The van der Waals surface area contributed by atoms with E-state index in [9.17, 15) is 13.2 Å². The number of benzene rings is 1. The van der Waals surface area contributed by atoms with Crippen LogP contribution in [0.15, 0.2) is 23.1 Å². The van der Waals surface area contributed by atoms with Crippen LogP contribution in [0.3, 0.4) is 0 Å². The van der Waals surface area contributed by atoms with Crippen LogP contribution in [0.25, 0.3) is 0 Å². The summed E-state index contributed by atoms with van der Waals surface area (Å²) in [6, 6.07) is 4.13. The maximum absolute atomic E-state index is 11.8. The largest absolute Gasteiger partial charge is 0.486 e. The lowest BCUT2D eigenvalue weighted by molar-refractivity contribution is -0.123. The molecule has 1 heterocycles. The third kappa shape index (κ3) is 3.34. The van der Waals surface area contributed by atoms with Crippen LogP contribution in [0.1, 0.15) is 0 Å². The van der Waals surface area contributed by atoms with E-state index in [1.54, 1.807) is 4.89 Å². The summed E-state index contributed by atoms with van der Waals surface area (Å²) in [4.78, 5) is 16.6. The maximum atomic E-state index is 11.8. The number of fused-ring (bicyclic) bond motifs is 1. The van der Waals surface area contributed by atoms with Crippen molar-refractivity contribution in [2.45, 2.75) is 4.90 Å². The van der Waals surface area contributed by atoms with Crippen molar-refractivity contribution in [3.8, 4) is 11.5 Å². The van der Waals surface area contributed by atoms with Crippen molar-refractivity contribution in [2.24, 2.45) is 5.73 Å². The van der Waals surface area contributed by atoms with Crippen molar-refractivity contribution >= 4 is 15.9 Å². The molecular weight excluding hydrogens is 276 g/mol. The number of nitrogens with one attached hydrogen (secondary N) is 1. The molecule has 1 aromatic rings. The fraction of sp³-hybridized carbons (Fsp3) is 0.300. The molecule has 2 rings (SSSR count). The van der Waals surface area contributed by atoms with E-state index in [-0.39, 0.29) is 4.90 Å². The quantitative estimate of drug-likeness (QED) is 0.682. The van der Waals surface area contributed by atoms with E-state index < -0.39 is 22.5 Å². The van der Waals surface area contributed by atoms with Crippen LogP contribution in [0.5, 0.6) is 11.5 Å². The molecule has 9 heteroatoms. The van der Waals surface area contributed by atoms with Gasteiger partial charge in [-0.3, -0.25) is 9.63 Å². The molecule has 0 aromatic heterocycles. The third-order valence-electron chi connectivity index (χ3n) is 2.21. The summed E-state index contributed by atoms with van der Waals surface area (Å²) in [7, 11) is -3.90. The molecule has 0 radical (unpaired) electrons. The number of primary amides is 1. The fourth-order valence-electron chi connectivity index (χ4n) is 1.42. The number of carbonyl (C=O) groups excluding carboxylic acids is 1. The van der Waals surface area contributed by atoms with Crippen LogP contribution in [0.2, 0.25) is 0 Å². The summed E-state index contributed by atoms with van der Waals surface area (Å²) >= 11 is 0. The highest BCUT2D eigenvalue weighted by atomic mass is 32.2. The number of nitrogens with two attached hydrogens (primary N) is 1. The van der Waals surface area contributed by atoms with Gasteiger partial charge < -0.3 is 15.2 Å². The van der Waals surface area contributed by atoms with Crippen LogP contribution in [-0.2, 0) is 19.7 Å². The minimum atomic E-state index is -3.90. The van der Waals surface area contributed by atoms with E-state index in [0.717, 1.165) is 0 Å². The highest BCUT2D eigenvalue weighted by Gasteiger charge is 2.19. The van der Waals surface area contributed by atoms with Crippen LogP contribution in [0, 0.1) is 0 Å². The highest BCUT2D eigenvalue weighted by Crippen LogP contribution is 2.32. The number of hydrogen-bond donors (Lipinski definition) is 2. The predicted octanol–water partition coefficient (Wildman–Crippen LogP) is -0.847. The Balaban J connectivity index is 2.14. The van der Waals surface area contributed by atoms with Crippen molar-refractivity contribution in [2.75, 3.05) is 19.8 Å². The average molecular weight is 288 g/mol. The summed E-state index contributed by atoms with van der Waals surface area (Å²) in [5, 5.41) is 0. The Bertz CT molecular complexity index is 586. The van der Waals surface area contributed by atoms with Gasteiger partial charge in [-0.05, 0) is 12.1 Å². The SMILES string of the molecule is NC(=O)CONS(=O)(=O)c1ccc2c(c1)OCCO2. The summed E-state index contributed by atoms with van der Waals surface area (Å²) in [5.41, 5.74) is 4.82. The lowest BCUT2D eigenvalue weighted by atomic mass is 10.3. The van der Waals surface area contributed by atoms with Crippen molar-refractivity contribution in [3.05, 3.63) is 18.2 Å². The van der Waals surface area contributed by atoms with Crippen LogP contribution in [-0.4, -0.2) is 34.1 Å². The molecular formula is C10H12N2O6S. The smallest absolute Gasteiger partial charge is 0.262 e. The minimum Gasteiger partial charge on any atom is -0.486 e. The zero-order chi connectivity index (χ0) is 13.9. The highest BCUT2D eigenvalue weighted by molar-refractivity contribution is 7.89. The molecule has 0 saturated carbocycles. The Morgan fingerprint density at radius 3 is 2.68 bits per heavy atom. The third-order valence-corrected chi connectivity index (χ3v) is 3.42. The van der Waals surface area contributed by atoms with Gasteiger partial charge in [0.1, 0.15) is 19.8 Å². The first-order chi connectivity index (χ1) is 8.99. The second kappa shape index (κ2) is 5.43. The van der Waals surface area contributed by atoms with Crippen molar-refractivity contribution in [1.82, 2.24) is 4.89 Å². The second-order valence-electron chi connectivity index (χ2n) is 3.65. The Labute approximate surface area is 109 Å². The minimum absolute atomic E-state index is 0.0683. The summed E-state index contributed by atoms with van der Waals surface area (Å²) in [6.07, 6.45) is 0. The summed E-state index contributed by atoms with van der Waals surface area (Å²) < 4.78 is 34.2. The molecule has 104 valence electrons. The number of hydrogen-bond acceptors (Lipinski definition) is 6. The van der Waals surface area contributed by atoms with Crippen molar-refractivity contribution < 1.29 is 27.5 Å². The molecule has 1 amide bonds. The molecule has 1 aliphatic rings. The molecule has 0 unspecified atom stereocenters. The van der Waals surface area contributed by atoms with Gasteiger partial charge in [-0.1, -0.05) is 4.89 Å². The monoisotopic (exact) mass is 288 g/mol. The zero-order valence-electron chi connectivity index (χ0n) is 9.79. The Hall–Kier alpha value is -1.84. The molecule has 0 aliphatic carbocycles. The molecule has 0 fully saturated rings. The van der Waals surface area contributed by atoms with Gasteiger partial charge in [-0.2, -0.15) is 0 Å². The molecule has 0 spiro atoms. The number of sulfonamides is 1. The lowest BCUT2D eigenvalue weighted by Gasteiger charge is -2.18. The Morgan fingerprint density at radius 2 is 2.00 bits per heavy atom. The predicted molar refractivity (Wildman–Crippen MR) is 62.9 cm³/mol. The van der Waals surface area contributed by atoms with E-state index in [1.807, 2.05) is 0 Å². The van der Waals surface area contributed by atoms with Gasteiger partial charge in [0.05, 0.1) is 4.90 Å². The van der Waals surface area contributed by atoms with Crippen LogP contribution >= 0.6 is 0 Å². The molecule has 8 nitrogen and oxygen atoms in total. The Kier molecular flexibility index (Phi) is 3.88. The van der Waals surface area contributed by atoms with Gasteiger partial charge in [0.2, 0.25) is 5.91 Å². The first kappa shape index (κ1) is 13.6. The molecule has 1 aromatic carbocycles. The van der Waals surface area contributed by atoms with E-state index in [0.29, 0.717) is 24.7 Å². The fourth-order valence-corrected chi connectivity index (χ4v) is 2.24. The van der Waals surface area contributed by atoms with Gasteiger partial charge in [-0.25, -0.2) is 8.42 Å². The molecule has 1 aliphatic heterocycles. The van der Waals surface area contributed by atoms with E-state index >= 15 is 0 Å². The molecule has 3 N–H and O–H groups in total. The first-order valence-corrected chi connectivity index (χ1v) is 6.79. The summed E-state index contributed by atoms with van der Waals surface area (Å²) in [5.74, 6) is 0.0251. The maximum Gasteiger partial charge on any atom is 0.262 e. The molecule has 0 bridgehead atoms. The van der Waals surface area contributed by atoms with E-state index in [4.69, 9.17) is 15.2 Å². The number of rotatable bonds is 5. The van der Waals surface area contributed by atoms with E-state index in [1.165, 1.54) is 18.2 Å². The lowest BCUT2D eigenvalue weighted by Crippen LogP contribution is -2.29. The second-order valence-corrected chi connectivity index (χ2v) is 5.29. The normalized spacial score (nSPS) is 14.1. The zero-order valence-corrected chi connectivity index (χ0v) is 10.6. The molecule has 0 saturated heterocycles. The molecule has 0 atom stereocenters. The van der Waals surface area contributed by atoms with Gasteiger partial charge in [0, 0.05) is 6.07 Å². The number of carbonyl (C=O) groups is 1. The number of ether oxygens (including phenoxy) is 2. The van der Waals surface area contributed by atoms with Gasteiger partial charge >= 0.3 is 0 Å². The topological polar surface area (TPSA) is 117 Å². The van der Waals surface area contributed by atoms with Crippen molar-refractivity contribution in [3.63, 3.8) is 0 Å². The summed E-state index contributed by atoms with van der Waals surface area (Å²) in [6.45, 7) is 0.213. The van der Waals surface area contributed by atoms with E-state index in [2.05, 4.69) is 4.84 Å². The first-order valence-electron chi connectivity index (χ1n) is 5.30. The standard InChI is InChI=1S/C10H12N2O6S/c11-10(13)6-18-12-19(14,15)7-1-2-8-9(5-7)17-4-3-16-8/h1-2,5,12H,3-4,6H2,(H2,11,13). The molecule has 19 heavy (non-hydrogen) atoms. The number of amides is 1. The van der Waals surface area contributed by atoms with Gasteiger partial charge in [0.25, 0.3) is 10.0 Å². The van der Waals surface area contributed by atoms with Gasteiger partial charge in [0.15, 0.2) is 11.5 Å². The van der Waals surface area contributed by atoms with Crippen molar-refractivity contribution in [1.29, 1.82) is 0 Å². The van der Waals surface area contributed by atoms with Gasteiger partial charge in [-0.15, -0.1) is 0 Å². The van der Waals surface area contributed by atoms with Crippen LogP contribution < -0.4 is 20.1 Å². The van der Waals surface area contributed by atoms with Crippen LogP contribution in [0.4, 0.5) is 0 Å². The average Bonchev–Trinajstić information content (AvgIpc) is 2.37. The Morgan fingerprint density at radius 1 is 1.32 bits per heavy atom.